The number of anilines is 2. The van der Waals surface area contributed by atoms with E-state index in [1.807, 2.05) is 41.0 Å². The number of hydrogen-bond acceptors (Lipinski definition) is 6. The standard InChI is InChI=1S/C22H22FN8/c1-29-10-14(11-29)16-7-17(19(24)8-18(16)23)22(25)20-9-21(27-13-26-20)30-6-3-15(12-30)31-5-2-4-28-31/h2,4-5,7-11,13,15,25H,3,6,12,24H2,1H3/q+1. The number of hydrogen-bond donors (Lipinski definition) is 2. The topological polar surface area (TPSA) is 99.7 Å². The van der Waals surface area contributed by atoms with Crippen LogP contribution in [0.3, 0.4) is 0 Å². The Morgan fingerprint density at radius 2 is 2.13 bits per heavy atom. The van der Waals surface area contributed by atoms with E-state index in [9.17, 15) is 4.39 Å². The Labute approximate surface area is 178 Å². The summed E-state index contributed by atoms with van der Waals surface area (Å²) in [4.78, 5) is 10.8. The van der Waals surface area contributed by atoms with Crippen molar-refractivity contribution in [2.75, 3.05) is 30.8 Å². The van der Waals surface area contributed by atoms with Gasteiger partial charge in [0.1, 0.15) is 30.6 Å². The van der Waals surface area contributed by atoms with E-state index in [1.165, 1.54) is 12.4 Å². The number of allylic oxidation sites excluding steroid dienone is 1. The first-order valence-electron chi connectivity index (χ1n) is 10.0. The summed E-state index contributed by atoms with van der Waals surface area (Å²) >= 11 is 0. The van der Waals surface area contributed by atoms with Gasteiger partial charge >= 0.3 is 0 Å². The molecule has 2 aromatic heterocycles. The molecular formula is C22H22FN8+. The lowest BCUT2D eigenvalue weighted by molar-refractivity contribution is -0.423. The lowest BCUT2D eigenvalue weighted by Gasteiger charge is -2.18. The zero-order chi connectivity index (χ0) is 21.5. The van der Waals surface area contributed by atoms with Gasteiger partial charge in [-0.3, -0.25) is 10.1 Å². The van der Waals surface area contributed by atoms with Gasteiger partial charge < -0.3 is 10.6 Å². The summed E-state index contributed by atoms with van der Waals surface area (Å²) in [5.74, 6) is 0.344. The van der Waals surface area contributed by atoms with Crippen LogP contribution in [0.2, 0.25) is 0 Å². The van der Waals surface area contributed by atoms with Gasteiger partial charge in [-0.05, 0) is 24.6 Å². The van der Waals surface area contributed by atoms with E-state index in [0.717, 1.165) is 30.9 Å². The van der Waals surface area contributed by atoms with Crippen LogP contribution in [-0.4, -0.2) is 56.4 Å². The maximum atomic E-state index is 14.4. The van der Waals surface area contributed by atoms with Crippen molar-refractivity contribution in [2.45, 2.75) is 12.5 Å². The van der Waals surface area contributed by atoms with Crippen LogP contribution < -0.4 is 10.6 Å². The molecule has 0 radical (unpaired) electrons. The maximum Gasteiger partial charge on any atom is 0.182 e. The average Bonchev–Trinajstić information content (AvgIpc) is 3.43. The van der Waals surface area contributed by atoms with Crippen LogP contribution in [0.1, 0.15) is 29.3 Å². The zero-order valence-corrected chi connectivity index (χ0v) is 17.0. The molecule has 1 aromatic carbocycles. The fraction of sp³-hybridized carbons (Fsp3) is 0.227. The van der Waals surface area contributed by atoms with E-state index < -0.39 is 5.82 Å². The number of nitrogens with two attached hydrogens (primary N) is 1. The van der Waals surface area contributed by atoms with Crippen LogP contribution in [0.25, 0.3) is 5.57 Å². The van der Waals surface area contributed by atoms with Crippen molar-refractivity contribution in [2.24, 2.45) is 0 Å². The first-order chi connectivity index (χ1) is 15.0. The minimum Gasteiger partial charge on any atom is -0.398 e. The molecule has 2 aliphatic rings. The fourth-order valence-electron chi connectivity index (χ4n) is 4.05. The van der Waals surface area contributed by atoms with E-state index in [2.05, 4.69) is 20.0 Å². The van der Waals surface area contributed by atoms with Crippen molar-refractivity contribution in [3.05, 3.63) is 71.8 Å². The number of nitrogens with zero attached hydrogens (tertiary/aromatic N) is 6. The second-order valence-electron chi connectivity index (χ2n) is 7.81. The van der Waals surface area contributed by atoms with E-state index in [-0.39, 0.29) is 17.4 Å². The highest BCUT2D eigenvalue weighted by Crippen LogP contribution is 2.28. The lowest BCUT2D eigenvalue weighted by Crippen LogP contribution is -2.23. The van der Waals surface area contributed by atoms with Gasteiger partial charge in [-0.1, -0.05) is 0 Å². The predicted molar refractivity (Wildman–Crippen MR) is 117 cm³/mol. The molecule has 1 atom stereocenters. The molecule has 1 saturated heterocycles. The molecule has 0 aliphatic carbocycles. The summed E-state index contributed by atoms with van der Waals surface area (Å²) in [5, 5.41) is 13.0. The Balaban J connectivity index is 1.41. The first kappa shape index (κ1) is 19.1. The number of halogens is 1. The Bertz CT molecular complexity index is 1230. The molecule has 1 unspecified atom stereocenters. The number of aromatic nitrogens is 4. The largest absolute Gasteiger partial charge is 0.398 e. The van der Waals surface area contributed by atoms with Gasteiger partial charge in [-0.15, -0.1) is 0 Å². The predicted octanol–water partition coefficient (Wildman–Crippen LogP) is 2.33. The van der Waals surface area contributed by atoms with E-state index in [4.69, 9.17) is 11.1 Å². The number of rotatable bonds is 5. The summed E-state index contributed by atoms with van der Waals surface area (Å²) in [6.45, 7) is 1.63. The Kier molecular flexibility index (Phi) is 4.58. The Morgan fingerprint density at radius 3 is 2.87 bits per heavy atom. The number of benzene rings is 1. The van der Waals surface area contributed by atoms with E-state index in [1.54, 1.807) is 18.3 Å². The van der Waals surface area contributed by atoms with Gasteiger partial charge in [0.05, 0.1) is 17.4 Å². The van der Waals surface area contributed by atoms with Crippen LogP contribution in [0, 0.1) is 11.2 Å². The van der Waals surface area contributed by atoms with Gasteiger partial charge in [0.15, 0.2) is 12.4 Å². The molecule has 3 aromatic rings. The molecule has 5 rings (SSSR count). The highest BCUT2D eigenvalue weighted by atomic mass is 19.1. The first-order valence-corrected chi connectivity index (χ1v) is 10.0. The smallest absolute Gasteiger partial charge is 0.182 e. The second kappa shape index (κ2) is 7.42. The van der Waals surface area contributed by atoms with Gasteiger partial charge in [0, 0.05) is 48.4 Å². The van der Waals surface area contributed by atoms with Crippen LogP contribution >= 0.6 is 0 Å². The van der Waals surface area contributed by atoms with Crippen LogP contribution in [0.15, 0.2) is 49.2 Å². The quantitative estimate of drug-likeness (QED) is 0.377. The Morgan fingerprint density at radius 1 is 1.29 bits per heavy atom. The average molecular weight is 417 g/mol. The normalized spacial score (nSPS) is 17.9. The molecule has 31 heavy (non-hydrogen) atoms. The highest BCUT2D eigenvalue weighted by molar-refractivity contribution is 6.15. The van der Waals surface area contributed by atoms with Crippen LogP contribution in [0.5, 0.6) is 0 Å². The summed E-state index contributed by atoms with van der Waals surface area (Å²) < 4.78 is 18.3. The molecule has 0 spiro atoms. The summed E-state index contributed by atoms with van der Waals surface area (Å²) in [7, 11) is 1.87. The van der Waals surface area contributed by atoms with Gasteiger partial charge in [-0.25, -0.2) is 18.9 Å². The molecule has 0 amide bonds. The summed E-state index contributed by atoms with van der Waals surface area (Å²) in [6.07, 6.45) is 9.83. The molecule has 156 valence electrons. The monoisotopic (exact) mass is 417 g/mol. The van der Waals surface area contributed by atoms with Gasteiger partial charge in [0.2, 0.25) is 0 Å². The summed E-state index contributed by atoms with van der Waals surface area (Å²) in [5.41, 5.74) is 8.48. The fourth-order valence-corrected chi connectivity index (χ4v) is 4.05. The molecule has 8 nitrogen and oxygen atoms in total. The van der Waals surface area contributed by atoms with Gasteiger partial charge in [-0.2, -0.15) is 5.10 Å². The van der Waals surface area contributed by atoms with Crippen molar-refractivity contribution in [1.82, 2.24) is 19.7 Å². The van der Waals surface area contributed by atoms with Crippen LogP contribution in [0.4, 0.5) is 15.9 Å². The molecule has 1 fully saturated rings. The summed E-state index contributed by atoms with van der Waals surface area (Å²) in [6, 6.07) is 6.88. The van der Waals surface area contributed by atoms with E-state index in [0.29, 0.717) is 16.8 Å². The molecule has 4 heterocycles. The lowest BCUT2D eigenvalue weighted by atomic mass is 9.97. The van der Waals surface area contributed by atoms with Crippen molar-refractivity contribution in [3.8, 4) is 0 Å². The maximum absolute atomic E-state index is 14.4. The molecule has 2 aliphatic heterocycles. The van der Waals surface area contributed by atoms with Crippen molar-refractivity contribution < 1.29 is 8.97 Å². The number of nitrogens with one attached hydrogen (secondary N) is 1. The molecule has 0 bridgehead atoms. The van der Waals surface area contributed by atoms with Crippen molar-refractivity contribution in [3.63, 3.8) is 0 Å². The minimum absolute atomic E-state index is 0.138. The van der Waals surface area contributed by atoms with Crippen LogP contribution in [-0.2, 0) is 0 Å². The zero-order valence-electron chi connectivity index (χ0n) is 17.0. The van der Waals surface area contributed by atoms with Crippen molar-refractivity contribution >= 4 is 29.0 Å². The second-order valence-corrected chi connectivity index (χ2v) is 7.81. The van der Waals surface area contributed by atoms with Gasteiger partial charge in [0.25, 0.3) is 0 Å². The third-order valence-electron chi connectivity index (χ3n) is 5.70. The minimum atomic E-state index is -0.408. The Hall–Kier alpha value is -3.88. The third-order valence-corrected chi connectivity index (χ3v) is 5.70. The van der Waals surface area contributed by atoms with E-state index >= 15 is 0 Å². The third kappa shape index (κ3) is 3.48. The highest BCUT2D eigenvalue weighted by Gasteiger charge is 2.26. The molecular weight excluding hydrogens is 395 g/mol. The molecule has 9 heteroatoms. The number of nitrogen functional groups attached to an aromatic ring is 1. The SMILES string of the molecule is C[N+]1=CC(c2cc(C(=N)c3cc(N4CCC(n5cccn5)C4)ncn3)c(N)cc2F)=C1. The van der Waals surface area contributed by atoms with Crippen molar-refractivity contribution in [1.29, 1.82) is 5.41 Å². The molecule has 0 saturated carbocycles. The molecule has 3 N–H and O–H groups in total.